The Kier molecular flexibility index (Phi) is 5.09. The maximum Gasteiger partial charge on any atom is 0.134 e. The molecule has 2 fully saturated rings. The highest BCUT2D eigenvalue weighted by Crippen LogP contribution is 2.20. The highest BCUT2D eigenvalue weighted by molar-refractivity contribution is 5.49. The van der Waals surface area contributed by atoms with Crippen LogP contribution in [0.3, 0.4) is 0 Å². The lowest BCUT2D eigenvalue weighted by Gasteiger charge is -2.28. The van der Waals surface area contributed by atoms with Crippen molar-refractivity contribution >= 4 is 11.6 Å². The fourth-order valence-corrected chi connectivity index (χ4v) is 3.54. The smallest absolute Gasteiger partial charge is 0.134 e. The first-order valence-corrected chi connectivity index (χ1v) is 9.04. The summed E-state index contributed by atoms with van der Waals surface area (Å²) in [5, 5.41) is 3.59. The Morgan fingerprint density at radius 1 is 1.08 bits per heavy atom. The second-order valence-corrected chi connectivity index (χ2v) is 6.71. The van der Waals surface area contributed by atoms with Crippen molar-refractivity contribution in [1.82, 2.24) is 14.9 Å². The van der Waals surface area contributed by atoms with Gasteiger partial charge in [-0.25, -0.2) is 9.97 Å². The number of nitrogens with one attached hydrogen (secondary N) is 1. The van der Waals surface area contributed by atoms with E-state index in [1.807, 2.05) is 0 Å². The van der Waals surface area contributed by atoms with Gasteiger partial charge in [0.2, 0.25) is 0 Å². The van der Waals surface area contributed by atoms with Crippen molar-refractivity contribution < 1.29 is 4.74 Å². The average molecular weight is 339 g/mol. The van der Waals surface area contributed by atoms with Gasteiger partial charge in [-0.05, 0) is 12.0 Å². The van der Waals surface area contributed by atoms with Crippen molar-refractivity contribution in [3.63, 3.8) is 0 Å². The van der Waals surface area contributed by atoms with Gasteiger partial charge < -0.3 is 15.0 Å². The summed E-state index contributed by atoms with van der Waals surface area (Å²) in [5.74, 6) is 1.91. The van der Waals surface area contributed by atoms with E-state index in [9.17, 15) is 0 Å². The van der Waals surface area contributed by atoms with Crippen LogP contribution in [0.4, 0.5) is 11.6 Å². The third-order valence-corrected chi connectivity index (χ3v) is 4.86. The molecule has 1 atom stereocenters. The molecular formula is C19H25N5O. The lowest BCUT2D eigenvalue weighted by Crippen LogP contribution is -2.36. The van der Waals surface area contributed by atoms with E-state index in [0.717, 1.165) is 64.0 Å². The summed E-state index contributed by atoms with van der Waals surface area (Å²) in [7, 11) is 0. The number of hydrogen-bond donors (Lipinski definition) is 1. The zero-order valence-electron chi connectivity index (χ0n) is 14.5. The Bertz CT molecular complexity index is 675. The Hall–Kier alpha value is -2.18. The van der Waals surface area contributed by atoms with Gasteiger partial charge in [-0.3, -0.25) is 4.90 Å². The summed E-state index contributed by atoms with van der Waals surface area (Å²) >= 11 is 0. The van der Waals surface area contributed by atoms with E-state index in [2.05, 4.69) is 61.5 Å². The number of rotatable bonds is 5. The average Bonchev–Trinajstić information content (AvgIpc) is 3.10. The lowest BCUT2D eigenvalue weighted by molar-refractivity contribution is 0.122. The quantitative estimate of drug-likeness (QED) is 0.899. The summed E-state index contributed by atoms with van der Waals surface area (Å²) in [5.41, 5.74) is 1.37. The predicted molar refractivity (Wildman–Crippen MR) is 98.8 cm³/mol. The standard InChI is InChI=1S/C19H25N5O/c1-2-4-16(5-3-1)13-23-7-6-17(14-23)22-18-12-19(21-15-20-18)24-8-10-25-11-9-24/h1-5,12,15,17H,6-11,13-14H2,(H,20,21,22). The molecule has 4 rings (SSSR count). The minimum Gasteiger partial charge on any atom is -0.378 e. The Morgan fingerprint density at radius 2 is 1.92 bits per heavy atom. The van der Waals surface area contributed by atoms with Gasteiger partial charge in [-0.15, -0.1) is 0 Å². The fourth-order valence-electron chi connectivity index (χ4n) is 3.54. The Labute approximate surface area is 148 Å². The summed E-state index contributed by atoms with van der Waals surface area (Å²) in [4.78, 5) is 13.6. The topological polar surface area (TPSA) is 53.5 Å². The molecule has 2 saturated heterocycles. The minimum atomic E-state index is 0.441. The predicted octanol–water partition coefficient (Wildman–Crippen LogP) is 2.00. The SMILES string of the molecule is c1ccc(CN2CCC(Nc3cc(N4CCOCC4)ncn3)C2)cc1. The van der Waals surface area contributed by atoms with Crippen molar-refractivity contribution in [1.29, 1.82) is 0 Å². The number of ether oxygens (including phenoxy) is 1. The minimum absolute atomic E-state index is 0.441. The first-order valence-electron chi connectivity index (χ1n) is 9.04. The number of aromatic nitrogens is 2. The molecule has 25 heavy (non-hydrogen) atoms. The first-order chi connectivity index (χ1) is 12.4. The van der Waals surface area contributed by atoms with E-state index in [1.165, 1.54) is 5.56 Å². The third kappa shape index (κ3) is 4.27. The zero-order chi connectivity index (χ0) is 16.9. The number of likely N-dealkylation sites (tertiary alicyclic amines) is 1. The highest BCUT2D eigenvalue weighted by Gasteiger charge is 2.23. The maximum absolute atomic E-state index is 5.41. The molecule has 3 heterocycles. The van der Waals surface area contributed by atoms with Gasteiger partial charge in [0.05, 0.1) is 13.2 Å². The van der Waals surface area contributed by atoms with Gasteiger partial charge in [0, 0.05) is 44.8 Å². The molecule has 0 saturated carbocycles. The van der Waals surface area contributed by atoms with E-state index >= 15 is 0 Å². The van der Waals surface area contributed by atoms with Gasteiger partial charge in [-0.1, -0.05) is 30.3 Å². The molecule has 6 heteroatoms. The number of benzene rings is 1. The van der Waals surface area contributed by atoms with Crippen LogP contribution in [0.5, 0.6) is 0 Å². The van der Waals surface area contributed by atoms with Crippen molar-refractivity contribution in [2.45, 2.75) is 19.0 Å². The number of nitrogens with zero attached hydrogens (tertiary/aromatic N) is 4. The monoisotopic (exact) mass is 339 g/mol. The number of hydrogen-bond acceptors (Lipinski definition) is 6. The van der Waals surface area contributed by atoms with E-state index in [4.69, 9.17) is 4.74 Å². The van der Waals surface area contributed by atoms with Crippen LogP contribution in [0.1, 0.15) is 12.0 Å². The largest absolute Gasteiger partial charge is 0.378 e. The van der Waals surface area contributed by atoms with Crippen molar-refractivity contribution in [3.8, 4) is 0 Å². The Balaban J connectivity index is 1.33. The van der Waals surface area contributed by atoms with Crippen LogP contribution in [-0.2, 0) is 11.3 Å². The molecule has 0 spiro atoms. The number of anilines is 2. The van der Waals surface area contributed by atoms with E-state index in [-0.39, 0.29) is 0 Å². The van der Waals surface area contributed by atoms with Crippen molar-refractivity contribution in [2.24, 2.45) is 0 Å². The van der Waals surface area contributed by atoms with Gasteiger partial charge in [0.15, 0.2) is 0 Å². The van der Waals surface area contributed by atoms with Crippen LogP contribution in [0.25, 0.3) is 0 Å². The second kappa shape index (κ2) is 7.80. The third-order valence-electron chi connectivity index (χ3n) is 4.86. The van der Waals surface area contributed by atoms with Gasteiger partial charge in [-0.2, -0.15) is 0 Å². The highest BCUT2D eigenvalue weighted by atomic mass is 16.5. The van der Waals surface area contributed by atoms with Crippen molar-refractivity contribution in [2.75, 3.05) is 49.6 Å². The number of morpholine rings is 1. The Morgan fingerprint density at radius 3 is 2.76 bits per heavy atom. The molecule has 1 N–H and O–H groups in total. The molecule has 2 aromatic rings. The molecule has 6 nitrogen and oxygen atoms in total. The van der Waals surface area contributed by atoms with E-state index < -0.39 is 0 Å². The molecule has 0 bridgehead atoms. The summed E-state index contributed by atoms with van der Waals surface area (Å²) in [6.45, 7) is 6.50. The van der Waals surface area contributed by atoms with Crippen LogP contribution < -0.4 is 10.2 Å². The van der Waals surface area contributed by atoms with E-state index in [0.29, 0.717) is 6.04 Å². The second-order valence-electron chi connectivity index (χ2n) is 6.71. The van der Waals surface area contributed by atoms with Crippen LogP contribution >= 0.6 is 0 Å². The van der Waals surface area contributed by atoms with Crippen LogP contribution in [0.2, 0.25) is 0 Å². The summed E-state index contributed by atoms with van der Waals surface area (Å²) < 4.78 is 5.41. The molecule has 132 valence electrons. The molecule has 0 radical (unpaired) electrons. The summed E-state index contributed by atoms with van der Waals surface area (Å²) in [6.07, 6.45) is 2.80. The van der Waals surface area contributed by atoms with Crippen LogP contribution in [0.15, 0.2) is 42.7 Å². The van der Waals surface area contributed by atoms with Crippen LogP contribution in [-0.4, -0.2) is 60.3 Å². The molecule has 1 unspecified atom stereocenters. The van der Waals surface area contributed by atoms with Gasteiger partial charge in [0.25, 0.3) is 0 Å². The molecule has 2 aliphatic rings. The zero-order valence-corrected chi connectivity index (χ0v) is 14.5. The molecular weight excluding hydrogens is 314 g/mol. The van der Waals surface area contributed by atoms with Gasteiger partial charge >= 0.3 is 0 Å². The van der Waals surface area contributed by atoms with Gasteiger partial charge in [0.1, 0.15) is 18.0 Å². The van der Waals surface area contributed by atoms with Crippen LogP contribution in [0, 0.1) is 0 Å². The molecule has 0 amide bonds. The normalized spacial score (nSPS) is 21.4. The molecule has 1 aromatic heterocycles. The van der Waals surface area contributed by atoms with Crippen molar-refractivity contribution in [3.05, 3.63) is 48.3 Å². The molecule has 2 aliphatic heterocycles. The maximum atomic E-state index is 5.41. The van der Waals surface area contributed by atoms with E-state index in [1.54, 1.807) is 6.33 Å². The molecule has 0 aliphatic carbocycles. The first kappa shape index (κ1) is 16.3. The lowest BCUT2D eigenvalue weighted by atomic mass is 10.2. The fraction of sp³-hybridized carbons (Fsp3) is 0.474. The molecule has 1 aromatic carbocycles. The summed E-state index contributed by atoms with van der Waals surface area (Å²) in [6, 6.07) is 13.2.